The number of rotatable bonds is 7. The summed E-state index contributed by atoms with van der Waals surface area (Å²) in [4.78, 5) is 7.19. The zero-order valence-corrected chi connectivity index (χ0v) is 19.4. The highest BCUT2D eigenvalue weighted by molar-refractivity contribution is 14.0. The third kappa shape index (κ3) is 8.64. The molecule has 168 valence electrons. The Kier molecular flexibility index (Phi) is 10.1. The summed E-state index contributed by atoms with van der Waals surface area (Å²) < 4.78 is 68.0. The van der Waals surface area contributed by atoms with Crippen LogP contribution in [-0.2, 0) is 15.8 Å². The molecule has 1 N–H and O–H groups in total. The van der Waals surface area contributed by atoms with Crippen molar-refractivity contribution in [2.24, 2.45) is 4.99 Å². The van der Waals surface area contributed by atoms with Crippen molar-refractivity contribution < 1.29 is 26.1 Å². The van der Waals surface area contributed by atoms with Crippen LogP contribution in [0, 0.1) is 0 Å². The highest BCUT2D eigenvalue weighted by atomic mass is 127. The lowest BCUT2D eigenvalue weighted by Crippen LogP contribution is -2.54. The van der Waals surface area contributed by atoms with Gasteiger partial charge in [0.1, 0.15) is 12.0 Å². The van der Waals surface area contributed by atoms with Crippen LogP contribution in [0.3, 0.4) is 0 Å². The molecule has 1 aliphatic heterocycles. The van der Waals surface area contributed by atoms with Gasteiger partial charge in [-0.15, -0.1) is 24.0 Å². The molecular formula is C15H26F3IN6O3S. The Bertz CT molecular complexity index is 737. The number of hydrogen-bond acceptors (Lipinski definition) is 6. The minimum atomic E-state index is -4.23. The predicted octanol–water partition coefficient (Wildman–Crippen LogP) is 0.810. The second-order valence-electron chi connectivity index (χ2n) is 6.46. The number of piperazine rings is 1. The Morgan fingerprint density at radius 1 is 1.34 bits per heavy atom. The second kappa shape index (κ2) is 11.3. The van der Waals surface area contributed by atoms with Gasteiger partial charge in [0, 0.05) is 52.4 Å². The third-order valence-corrected chi connectivity index (χ3v) is 6.00. The van der Waals surface area contributed by atoms with Gasteiger partial charge in [-0.25, -0.2) is 8.42 Å². The summed E-state index contributed by atoms with van der Waals surface area (Å²) in [5.41, 5.74) is 0.350. The van der Waals surface area contributed by atoms with Gasteiger partial charge in [-0.1, -0.05) is 5.16 Å². The minimum absolute atomic E-state index is 0. The molecule has 0 amide bonds. The molecule has 0 atom stereocenters. The lowest BCUT2D eigenvalue weighted by molar-refractivity contribution is -0.142. The maximum atomic E-state index is 12.4. The standard InChI is InChI=1S/C15H25F3N6O3S.HI/c1-19-14(20-4-5-22(2)12-15(16,17)18)23-6-8-24(9-7-23)28(25,26)11-13-3-10-27-21-13;/h3,10H,4-9,11-12H2,1-2H3,(H,19,20);1H. The van der Waals surface area contributed by atoms with Crippen molar-refractivity contribution in [1.29, 1.82) is 0 Å². The lowest BCUT2D eigenvalue weighted by atomic mass is 10.4. The minimum Gasteiger partial charge on any atom is -0.364 e. The normalized spacial score (nSPS) is 16.8. The zero-order valence-electron chi connectivity index (χ0n) is 16.2. The lowest BCUT2D eigenvalue weighted by Gasteiger charge is -2.35. The first kappa shape index (κ1) is 25.9. The van der Waals surface area contributed by atoms with E-state index in [4.69, 9.17) is 0 Å². The Morgan fingerprint density at radius 2 is 2.00 bits per heavy atom. The van der Waals surface area contributed by atoms with Gasteiger partial charge in [0.15, 0.2) is 5.96 Å². The summed E-state index contributed by atoms with van der Waals surface area (Å²) >= 11 is 0. The number of hydrogen-bond donors (Lipinski definition) is 1. The zero-order chi connectivity index (χ0) is 20.8. The van der Waals surface area contributed by atoms with Crippen LogP contribution < -0.4 is 5.32 Å². The molecule has 0 bridgehead atoms. The quantitative estimate of drug-likeness (QED) is 0.303. The fourth-order valence-corrected chi connectivity index (χ4v) is 4.27. The van der Waals surface area contributed by atoms with Gasteiger partial charge in [0.2, 0.25) is 10.0 Å². The maximum absolute atomic E-state index is 12.4. The predicted molar refractivity (Wildman–Crippen MR) is 113 cm³/mol. The van der Waals surface area contributed by atoms with Gasteiger partial charge in [-0.3, -0.25) is 9.89 Å². The molecule has 1 aromatic heterocycles. The molecule has 29 heavy (non-hydrogen) atoms. The molecule has 0 aromatic carbocycles. The smallest absolute Gasteiger partial charge is 0.364 e. The molecule has 0 unspecified atom stereocenters. The number of sulfonamides is 1. The number of alkyl halides is 3. The topological polar surface area (TPSA) is 94.3 Å². The van der Waals surface area contributed by atoms with Gasteiger partial charge >= 0.3 is 6.18 Å². The van der Waals surface area contributed by atoms with E-state index >= 15 is 0 Å². The molecule has 2 heterocycles. The van der Waals surface area contributed by atoms with Crippen LogP contribution in [0.15, 0.2) is 21.8 Å². The monoisotopic (exact) mass is 554 g/mol. The number of nitrogens with zero attached hydrogens (tertiary/aromatic N) is 5. The number of halogens is 4. The summed E-state index contributed by atoms with van der Waals surface area (Å²) in [6.07, 6.45) is -2.91. The van der Waals surface area contributed by atoms with Crippen molar-refractivity contribution in [2.45, 2.75) is 11.9 Å². The molecule has 0 saturated carbocycles. The molecule has 0 aliphatic carbocycles. The van der Waals surface area contributed by atoms with Gasteiger partial charge in [-0.2, -0.15) is 17.5 Å². The number of likely N-dealkylation sites (N-methyl/N-ethyl adjacent to an activating group) is 1. The first-order valence-corrected chi connectivity index (χ1v) is 10.3. The average Bonchev–Trinajstić information content (AvgIpc) is 3.09. The van der Waals surface area contributed by atoms with Crippen molar-refractivity contribution in [1.82, 2.24) is 24.6 Å². The Balaban J connectivity index is 0.00000420. The molecule has 0 spiro atoms. The van der Waals surface area contributed by atoms with Crippen LogP contribution >= 0.6 is 24.0 Å². The molecular weight excluding hydrogens is 528 g/mol. The van der Waals surface area contributed by atoms with E-state index in [9.17, 15) is 21.6 Å². The molecule has 1 fully saturated rings. The van der Waals surface area contributed by atoms with Crippen LogP contribution in [0.2, 0.25) is 0 Å². The van der Waals surface area contributed by atoms with Crippen molar-refractivity contribution in [3.05, 3.63) is 18.0 Å². The summed E-state index contributed by atoms with van der Waals surface area (Å²) in [6, 6.07) is 1.51. The SMILES string of the molecule is CN=C(NCCN(C)CC(F)(F)F)N1CCN(S(=O)(=O)Cc2ccon2)CC1.I. The summed E-state index contributed by atoms with van der Waals surface area (Å²) in [6.45, 7) is 0.944. The van der Waals surface area contributed by atoms with E-state index in [0.717, 1.165) is 0 Å². The molecule has 1 saturated heterocycles. The summed E-state index contributed by atoms with van der Waals surface area (Å²) in [7, 11) is -0.519. The van der Waals surface area contributed by atoms with Crippen molar-refractivity contribution in [3.63, 3.8) is 0 Å². The van der Waals surface area contributed by atoms with Crippen LogP contribution in [0.5, 0.6) is 0 Å². The Morgan fingerprint density at radius 3 is 2.52 bits per heavy atom. The number of aromatic nitrogens is 1. The van der Waals surface area contributed by atoms with E-state index in [2.05, 4.69) is 20.0 Å². The van der Waals surface area contributed by atoms with Crippen molar-refractivity contribution in [2.75, 3.05) is 59.9 Å². The molecule has 9 nitrogen and oxygen atoms in total. The molecule has 14 heteroatoms. The van der Waals surface area contributed by atoms with E-state index in [0.29, 0.717) is 31.3 Å². The second-order valence-corrected chi connectivity index (χ2v) is 8.43. The van der Waals surface area contributed by atoms with Crippen LogP contribution in [0.1, 0.15) is 5.69 Å². The molecule has 1 aliphatic rings. The molecule has 2 rings (SSSR count). The fraction of sp³-hybridized carbons (Fsp3) is 0.733. The highest BCUT2D eigenvalue weighted by Crippen LogP contribution is 2.15. The van der Waals surface area contributed by atoms with Crippen molar-refractivity contribution >= 4 is 40.0 Å². The largest absolute Gasteiger partial charge is 0.401 e. The number of guanidine groups is 1. The van der Waals surface area contributed by atoms with Crippen molar-refractivity contribution in [3.8, 4) is 0 Å². The van der Waals surface area contributed by atoms with Crippen LogP contribution in [0.25, 0.3) is 0 Å². The summed E-state index contributed by atoms with van der Waals surface area (Å²) in [5.74, 6) is 0.316. The van der Waals surface area contributed by atoms with E-state index in [1.54, 1.807) is 7.05 Å². The van der Waals surface area contributed by atoms with Gasteiger partial charge in [-0.05, 0) is 7.05 Å². The van der Waals surface area contributed by atoms with Gasteiger partial charge in [0.25, 0.3) is 0 Å². The highest BCUT2D eigenvalue weighted by Gasteiger charge is 2.30. The third-order valence-electron chi connectivity index (χ3n) is 4.19. The van der Waals surface area contributed by atoms with E-state index in [1.165, 1.54) is 28.6 Å². The molecule has 1 aromatic rings. The molecule has 0 radical (unpaired) electrons. The Hall–Kier alpha value is -1.13. The van der Waals surface area contributed by atoms with Crippen LogP contribution in [-0.4, -0.2) is 99.7 Å². The van der Waals surface area contributed by atoms with E-state index in [1.807, 2.05) is 4.90 Å². The fourth-order valence-electron chi connectivity index (χ4n) is 2.84. The van der Waals surface area contributed by atoms with Gasteiger partial charge < -0.3 is 14.7 Å². The first-order chi connectivity index (χ1) is 13.1. The van der Waals surface area contributed by atoms with E-state index < -0.39 is 22.7 Å². The number of nitrogens with one attached hydrogen (secondary N) is 1. The Labute approximate surface area is 185 Å². The summed E-state index contributed by atoms with van der Waals surface area (Å²) in [5, 5.41) is 6.65. The number of aliphatic imine (C=N–C) groups is 1. The maximum Gasteiger partial charge on any atom is 0.401 e. The van der Waals surface area contributed by atoms with Crippen LogP contribution in [0.4, 0.5) is 13.2 Å². The first-order valence-electron chi connectivity index (χ1n) is 8.69. The average molecular weight is 554 g/mol. The van der Waals surface area contributed by atoms with E-state index in [-0.39, 0.29) is 49.4 Å². The van der Waals surface area contributed by atoms with Gasteiger partial charge in [0.05, 0.1) is 12.2 Å².